The lowest BCUT2D eigenvalue weighted by molar-refractivity contribution is 0.445. The maximum atomic E-state index is 11.1. The first-order chi connectivity index (χ1) is 6.62. The second-order valence-corrected chi connectivity index (χ2v) is 6.93. The summed E-state index contributed by atoms with van der Waals surface area (Å²) in [4.78, 5) is 0.00638. The van der Waals surface area contributed by atoms with Crippen LogP contribution in [-0.2, 0) is 14.5 Å². The first kappa shape index (κ1) is 12.3. The molecule has 0 saturated heterocycles. The summed E-state index contributed by atoms with van der Waals surface area (Å²) in [6.45, 7) is 5.64. The second kappa shape index (κ2) is 3.68. The van der Waals surface area contributed by atoms with E-state index in [9.17, 15) is 13.5 Å². The largest absolute Gasteiger partial charge is 0.508 e. The highest BCUT2D eigenvalue weighted by atomic mass is 35.7. The Hall–Kier alpha value is -0.740. The predicted molar refractivity (Wildman–Crippen MR) is 59.8 cm³/mol. The van der Waals surface area contributed by atoms with Gasteiger partial charge in [-0.15, -0.1) is 0 Å². The third-order valence-electron chi connectivity index (χ3n) is 2.06. The molecular weight excluding hydrogens is 236 g/mol. The zero-order valence-corrected chi connectivity index (χ0v) is 10.4. The van der Waals surface area contributed by atoms with E-state index >= 15 is 0 Å². The van der Waals surface area contributed by atoms with Crippen LogP contribution in [-0.4, -0.2) is 13.5 Å². The lowest BCUT2D eigenvalue weighted by Gasteiger charge is -2.20. The number of aromatic hydroxyl groups is 1. The zero-order valence-electron chi connectivity index (χ0n) is 8.78. The maximum Gasteiger partial charge on any atom is 0.261 e. The van der Waals surface area contributed by atoms with E-state index in [0.29, 0.717) is 5.56 Å². The molecule has 3 nitrogen and oxygen atoms in total. The summed E-state index contributed by atoms with van der Waals surface area (Å²) in [5, 5.41) is 9.60. The lowest BCUT2D eigenvalue weighted by Crippen LogP contribution is -2.12. The van der Waals surface area contributed by atoms with Gasteiger partial charge in [0.15, 0.2) is 0 Å². The van der Waals surface area contributed by atoms with Gasteiger partial charge in [-0.3, -0.25) is 0 Å². The van der Waals surface area contributed by atoms with Crippen LogP contribution in [0.25, 0.3) is 0 Å². The number of hydrogen-bond acceptors (Lipinski definition) is 3. The summed E-state index contributed by atoms with van der Waals surface area (Å²) >= 11 is 0. The van der Waals surface area contributed by atoms with Crippen molar-refractivity contribution in [2.75, 3.05) is 0 Å². The molecule has 0 unspecified atom stereocenters. The van der Waals surface area contributed by atoms with E-state index in [1.165, 1.54) is 18.2 Å². The van der Waals surface area contributed by atoms with E-state index < -0.39 is 9.05 Å². The molecule has 0 bridgehead atoms. The minimum absolute atomic E-state index is 0.00638. The van der Waals surface area contributed by atoms with Gasteiger partial charge in [-0.25, -0.2) is 8.42 Å². The average molecular weight is 249 g/mol. The van der Waals surface area contributed by atoms with E-state index in [0.717, 1.165) is 0 Å². The summed E-state index contributed by atoms with van der Waals surface area (Å²) in [6.07, 6.45) is 0. The lowest BCUT2D eigenvalue weighted by atomic mass is 9.86. The topological polar surface area (TPSA) is 54.4 Å². The van der Waals surface area contributed by atoms with Gasteiger partial charge >= 0.3 is 0 Å². The molecule has 0 amide bonds. The Bertz CT molecular complexity index is 472. The van der Waals surface area contributed by atoms with Crippen molar-refractivity contribution in [1.29, 1.82) is 0 Å². The van der Waals surface area contributed by atoms with Gasteiger partial charge in [0, 0.05) is 16.2 Å². The molecule has 0 fully saturated rings. The molecule has 1 N–H and O–H groups in total. The standard InChI is InChI=1S/C10H13ClO3S/c1-10(2,3)8-6-7(15(11,13)14)4-5-9(8)12/h4-6,12H,1-3H3. The minimum atomic E-state index is -3.74. The first-order valence-corrected chi connectivity index (χ1v) is 6.71. The molecule has 15 heavy (non-hydrogen) atoms. The highest BCUT2D eigenvalue weighted by molar-refractivity contribution is 8.13. The van der Waals surface area contributed by atoms with E-state index in [-0.39, 0.29) is 16.1 Å². The fraction of sp³-hybridized carbons (Fsp3) is 0.400. The van der Waals surface area contributed by atoms with Crippen LogP contribution < -0.4 is 0 Å². The van der Waals surface area contributed by atoms with Crippen LogP contribution in [0.3, 0.4) is 0 Å². The van der Waals surface area contributed by atoms with Gasteiger partial charge in [-0.1, -0.05) is 20.8 Å². The third-order valence-corrected chi connectivity index (χ3v) is 3.41. The Morgan fingerprint density at radius 1 is 1.27 bits per heavy atom. The molecule has 5 heteroatoms. The van der Waals surface area contributed by atoms with Crippen molar-refractivity contribution in [2.45, 2.75) is 31.1 Å². The smallest absolute Gasteiger partial charge is 0.261 e. The van der Waals surface area contributed by atoms with Crippen LogP contribution in [0.4, 0.5) is 0 Å². The molecule has 0 spiro atoms. The van der Waals surface area contributed by atoms with Gasteiger partial charge in [0.05, 0.1) is 4.90 Å². The van der Waals surface area contributed by atoms with Crippen LogP contribution in [0.15, 0.2) is 23.1 Å². The van der Waals surface area contributed by atoms with Crippen molar-refractivity contribution in [2.24, 2.45) is 0 Å². The van der Waals surface area contributed by atoms with Crippen LogP contribution in [0, 0.1) is 0 Å². The van der Waals surface area contributed by atoms with Crippen LogP contribution in [0.1, 0.15) is 26.3 Å². The predicted octanol–water partition coefficient (Wildman–Crippen LogP) is 2.62. The Balaban J connectivity index is 3.43. The zero-order chi connectivity index (χ0) is 11.9. The molecule has 1 aromatic rings. The molecule has 0 aliphatic rings. The monoisotopic (exact) mass is 248 g/mol. The Morgan fingerprint density at radius 2 is 1.80 bits per heavy atom. The van der Waals surface area contributed by atoms with Gasteiger partial charge in [0.2, 0.25) is 0 Å². The number of phenolic OH excluding ortho intramolecular Hbond substituents is 1. The Kier molecular flexibility index (Phi) is 3.03. The molecule has 0 heterocycles. The number of benzene rings is 1. The van der Waals surface area contributed by atoms with Crippen molar-refractivity contribution in [3.05, 3.63) is 23.8 Å². The van der Waals surface area contributed by atoms with Gasteiger partial charge < -0.3 is 5.11 Å². The Labute approximate surface area is 94.1 Å². The highest BCUT2D eigenvalue weighted by Crippen LogP contribution is 2.32. The van der Waals surface area contributed by atoms with Crippen LogP contribution in [0.5, 0.6) is 5.75 Å². The highest BCUT2D eigenvalue weighted by Gasteiger charge is 2.21. The number of phenols is 1. The molecule has 0 aromatic heterocycles. The van der Waals surface area contributed by atoms with Crippen molar-refractivity contribution >= 4 is 19.7 Å². The quantitative estimate of drug-likeness (QED) is 0.778. The maximum absolute atomic E-state index is 11.1. The number of hydrogen-bond donors (Lipinski definition) is 1. The normalized spacial score (nSPS) is 12.8. The first-order valence-electron chi connectivity index (χ1n) is 4.40. The third kappa shape index (κ3) is 2.86. The van der Waals surface area contributed by atoms with Gasteiger partial charge in [-0.2, -0.15) is 0 Å². The summed E-state index contributed by atoms with van der Waals surface area (Å²) in [5.41, 5.74) is 0.228. The van der Waals surface area contributed by atoms with Gasteiger partial charge in [-0.05, 0) is 23.6 Å². The molecule has 0 atom stereocenters. The van der Waals surface area contributed by atoms with Crippen molar-refractivity contribution in [3.8, 4) is 5.75 Å². The fourth-order valence-corrected chi connectivity index (χ4v) is 2.04. The molecular formula is C10H13ClO3S. The summed E-state index contributed by atoms with van der Waals surface area (Å²) in [5.74, 6) is 0.0755. The van der Waals surface area contributed by atoms with Crippen LogP contribution >= 0.6 is 10.7 Å². The van der Waals surface area contributed by atoms with Gasteiger partial charge in [0.1, 0.15) is 5.75 Å². The molecule has 0 saturated carbocycles. The van der Waals surface area contributed by atoms with Crippen molar-refractivity contribution in [3.63, 3.8) is 0 Å². The molecule has 0 radical (unpaired) electrons. The molecule has 84 valence electrons. The molecule has 0 aliphatic carbocycles. The van der Waals surface area contributed by atoms with E-state index in [2.05, 4.69) is 0 Å². The van der Waals surface area contributed by atoms with Gasteiger partial charge in [0.25, 0.3) is 9.05 Å². The average Bonchev–Trinajstić information content (AvgIpc) is 2.00. The summed E-state index contributed by atoms with van der Waals surface area (Å²) < 4.78 is 22.2. The molecule has 1 rings (SSSR count). The van der Waals surface area contributed by atoms with E-state index in [4.69, 9.17) is 10.7 Å². The Morgan fingerprint density at radius 3 is 2.20 bits per heavy atom. The van der Waals surface area contributed by atoms with E-state index in [1.807, 2.05) is 20.8 Å². The fourth-order valence-electron chi connectivity index (χ4n) is 1.27. The second-order valence-electron chi connectivity index (χ2n) is 4.37. The molecule has 0 aliphatic heterocycles. The SMILES string of the molecule is CC(C)(C)c1cc(S(=O)(=O)Cl)ccc1O. The van der Waals surface area contributed by atoms with Crippen molar-refractivity contribution in [1.82, 2.24) is 0 Å². The minimum Gasteiger partial charge on any atom is -0.508 e. The van der Waals surface area contributed by atoms with Crippen molar-refractivity contribution < 1.29 is 13.5 Å². The summed E-state index contributed by atoms with van der Waals surface area (Å²) in [6, 6.07) is 4.03. The number of halogens is 1. The molecule has 1 aromatic carbocycles. The summed E-state index contributed by atoms with van der Waals surface area (Å²) in [7, 11) is 1.48. The number of rotatable bonds is 1. The van der Waals surface area contributed by atoms with Crippen LogP contribution in [0.2, 0.25) is 0 Å². The van der Waals surface area contributed by atoms with E-state index in [1.54, 1.807) is 0 Å².